The second-order valence-corrected chi connectivity index (χ2v) is 4.54. The number of aryl methyl sites for hydroxylation is 1. The van der Waals surface area contributed by atoms with Crippen molar-refractivity contribution in [3.8, 4) is 5.75 Å². The molecular formula is C14H16N4O4. The number of ether oxygens (including phenoxy) is 1. The van der Waals surface area contributed by atoms with Gasteiger partial charge in [0.2, 0.25) is 0 Å². The van der Waals surface area contributed by atoms with Gasteiger partial charge in [0, 0.05) is 26.5 Å². The van der Waals surface area contributed by atoms with Gasteiger partial charge in [0.1, 0.15) is 5.56 Å². The summed E-state index contributed by atoms with van der Waals surface area (Å²) in [7, 11) is 2.78. The molecule has 0 unspecified atom stereocenters. The molecule has 1 amide bonds. The molecule has 0 radical (unpaired) electrons. The number of hydrogen-bond donors (Lipinski definition) is 1. The maximum atomic E-state index is 12.3. The van der Waals surface area contributed by atoms with E-state index in [4.69, 9.17) is 4.74 Å². The Labute approximate surface area is 126 Å². The third kappa shape index (κ3) is 2.90. The second-order valence-electron chi connectivity index (χ2n) is 4.54. The summed E-state index contributed by atoms with van der Waals surface area (Å²) in [6, 6.07) is 3.33. The number of pyridine rings is 1. The smallest absolute Gasteiger partial charge is 0.330 e. The van der Waals surface area contributed by atoms with Crippen LogP contribution in [-0.4, -0.2) is 26.6 Å². The molecule has 0 fully saturated rings. The van der Waals surface area contributed by atoms with Crippen molar-refractivity contribution in [2.45, 2.75) is 6.92 Å². The molecular weight excluding hydrogens is 288 g/mol. The second kappa shape index (κ2) is 6.25. The average molecular weight is 304 g/mol. The average Bonchev–Trinajstić information content (AvgIpc) is 2.51. The molecule has 0 aliphatic heterocycles. The van der Waals surface area contributed by atoms with Crippen molar-refractivity contribution in [1.82, 2.24) is 14.1 Å². The minimum Gasteiger partial charge on any atom is -0.490 e. The van der Waals surface area contributed by atoms with Crippen LogP contribution < -0.4 is 21.3 Å². The van der Waals surface area contributed by atoms with Crippen LogP contribution in [0.1, 0.15) is 17.3 Å². The van der Waals surface area contributed by atoms with E-state index >= 15 is 0 Å². The third-order valence-corrected chi connectivity index (χ3v) is 2.99. The summed E-state index contributed by atoms with van der Waals surface area (Å²) in [5.41, 5.74) is -1.33. The predicted octanol–water partition coefficient (Wildman–Crippen LogP) is 0.130. The fourth-order valence-corrected chi connectivity index (χ4v) is 1.90. The third-order valence-electron chi connectivity index (χ3n) is 2.99. The monoisotopic (exact) mass is 304 g/mol. The van der Waals surface area contributed by atoms with Crippen molar-refractivity contribution in [2.75, 3.05) is 11.9 Å². The Balaban J connectivity index is 2.39. The Kier molecular flexibility index (Phi) is 4.40. The van der Waals surface area contributed by atoms with E-state index in [-0.39, 0.29) is 11.4 Å². The Bertz CT molecular complexity index is 822. The Morgan fingerprint density at radius 1 is 1.36 bits per heavy atom. The number of nitrogens with zero attached hydrogens (tertiary/aromatic N) is 3. The van der Waals surface area contributed by atoms with Crippen LogP contribution in [-0.2, 0) is 14.1 Å². The maximum absolute atomic E-state index is 12.3. The lowest BCUT2D eigenvalue weighted by Crippen LogP contribution is -2.40. The fourth-order valence-electron chi connectivity index (χ4n) is 1.90. The zero-order valence-electron chi connectivity index (χ0n) is 12.5. The van der Waals surface area contributed by atoms with E-state index < -0.39 is 17.2 Å². The lowest BCUT2D eigenvalue weighted by atomic mass is 10.3. The van der Waals surface area contributed by atoms with Gasteiger partial charge in [-0.1, -0.05) is 0 Å². The summed E-state index contributed by atoms with van der Waals surface area (Å²) in [5.74, 6) is -0.0406. The molecule has 2 aromatic rings. The number of aromatic nitrogens is 3. The van der Waals surface area contributed by atoms with Gasteiger partial charge in [-0.2, -0.15) is 0 Å². The van der Waals surface area contributed by atoms with Crippen LogP contribution in [0.3, 0.4) is 0 Å². The fraction of sp³-hybridized carbons (Fsp3) is 0.286. The largest absolute Gasteiger partial charge is 0.490 e. The van der Waals surface area contributed by atoms with Crippen molar-refractivity contribution in [2.24, 2.45) is 14.1 Å². The summed E-state index contributed by atoms with van der Waals surface area (Å²) in [5, 5.41) is 2.52. The van der Waals surface area contributed by atoms with Gasteiger partial charge in [-0.05, 0) is 19.1 Å². The highest BCUT2D eigenvalue weighted by Gasteiger charge is 2.17. The first kappa shape index (κ1) is 15.5. The summed E-state index contributed by atoms with van der Waals surface area (Å²) in [4.78, 5) is 39.9. The minimum absolute atomic E-state index is 0.155. The van der Waals surface area contributed by atoms with E-state index in [1.54, 1.807) is 19.1 Å². The molecule has 2 rings (SSSR count). The van der Waals surface area contributed by atoms with Gasteiger partial charge in [-0.25, -0.2) is 9.78 Å². The van der Waals surface area contributed by atoms with E-state index in [1.807, 2.05) is 0 Å². The first-order valence-electron chi connectivity index (χ1n) is 6.61. The maximum Gasteiger partial charge on any atom is 0.330 e. The Morgan fingerprint density at radius 2 is 2.09 bits per heavy atom. The van der Waals surface area contributed by atoms with Crippen LogP contribution in [0.15, 0.2) is 34.1 Å². The van der Waals surface area contributed by atoms with E-state index in [1.165, 1.54) is 26.5 Å². The lowest BCUT2D eigenvalue weighted by Gasteiger charge is -2.10. The van der Waals surface area contributed by atoms with Crippen LogP contribution in [0.2, 0.25) is 0 Å². The first-order valence-corrected chi connectivity index (χ1v) is 6.61. The topological polar surface area (TPSA) is 95.2 Å². The van der Waals surface area contributed by atoms with Crippen LogP contribution in [0.4, 0.5) is 5.82 Å². The van der Waals surface area contributed by atoms with E-state index in [0.29, 0.717) is 12.4 Å². The summed E-state index contributed by atoms with van der Waals surface area (Å²) >= 11 is 0. The molecule has 1 N–H and O–H groups in total. The molecule has 116 valence electrons. The SMILES string of the molecule is CCOc1cccnc1NC(=O)c1cn(C)c(=O)n(C)c1=O. The molecule has 2 aromatic heterocycles. The Hall–Kier alpha value is -2.90. The van der Waals surface area contributed by atoms with E-state index in [0.717, 1.165) is 9.13 Å². The molecule has 0 aliphatic rings. The van der Waals surface area contributed by atoms with Crippen molar-refractivity contribution in [3.05, 3.63) is 50.9 Å². The number of nitrogens with one attached hydrogen (secondary N) is 1. The highest BCUT2D eigenvalue weighted by molar-refractivity contribution is 6.03. The van der Waals surface area contributed by atoms with Gasteiger partial charge >= 0.3 is 5.69 Å². The van der Waals surface area contributed by atoms with Gasteiger partial charge in [-0.15, -0.1) is 0 Å². The van der Waals surface area contributed by atoms with Crippen molar-refractivity contribution in [3.63, 3.8) is 0 Å². The predicted molar refractivity (Wildman–Crippen MR) is 80.3 cm³/mol. The first-order chi connectivity index (χ1) is 10.5. The lowest BCUT2D eigenvalue weighted by molar-refractivity contribution is 0.102. The molecule has 2 heterocycles. The van der Waals surface area contributed by atoms with Crippen molar-refractivity contribution in [1.29, 1.82) is 0 Å². The van der Waals surface area contributed by atoms with Crippen LogP contribution in [0.25, 0.3) is 0 Å². The zero-order chi connectivity index (χ0) is 16.3. The molecule has 22 heavy (non-hydrogen) atoms. The normalized spacial score (nSPS) is 10.3. The highest BCUT2D eigenvalue weighted by atomic mass is 16.5. The van der Waals surface area contributed by atoms with Crippen molar-refractivity contribution >= 4 is 11.7 Å². The molecule has 0 atom stereocenters. The molecule has 0 spiro atoms. The van der Waals surface area contributed by atoms with Crippen LogP contribution in [0.5, 0.6) is 5.75 Å². The molecule has 0 saturated heterocycles. The number of rotatable bonds is 4. The van der Waals surface area contributed by atoms with Crippen LogP contribution >= 0.6 is 0 Å². The quantitative estimate of drug-likeness (QED) is 0.866. The number of carbonyl (C=O) groups is 1. The number of carbonyl (C=O) groups excluding carboxylic acids is 1. The van der Waals surface area contributed by atoms with Gasteiger partial charge in [0.25, 0.3) is 11.5 Å². The van der Waals surface area contributed by atoms with Gasteiger partial charge < -0.3 is 14.6 Å². The molecule has 0 aliphatic carbocycles. The van der Waals surface area contributed by atoms with Gasteiger partial charge in [0.05, 0.1) is 6.61 Å². The Morgan fingerprint density at radius 3 is 2.77 bits per heavy atom. The number of amides is 1. The summed E-state index contributed by atoms with van der Waals surface area (Å²) in [6.07, 6.45) is 2.69. The van der Waals surface area contributed by atoms with Gasteiger partial charge in [0.15, 0.2) is 11.6 Å². The molecule has 8 heteroatoms. The zero-order valence-corrected chi connectivity index (χ0v) is 12.5. The van der Waals surface area contributed by atoms with Crippen molar-refractivity contribution < 1.29 is 9.53 Å². The summed E-state index contributed by atoms with van der Waals surface area (Å²) in [6.45, 7) is 2.22. The van der Waals surface area contributed by atoms with E-state index in [9.17, 15) is 14.4 Å². The summed E-state index contributed by atoms with van der Waals surface area (Å²) < 4.78 is 7.39. The number of hydrogen-bond acceptors (Lipinski definition) is 5. The van der Waals surface area contributed by atoms with Gasteiger partial charge in [-0.3, -0.25) is 14.2 Å². The highest BCUT2D eigenvalue weighted by Crippen LogP contribution is 2.20. The standard InChI is InChI=1S/C14H16N4O4/c1-4-22-10-6-5-7-15-11(10)16-12(19)9-8-17(2)14(21)18(3)13(9)20/h5-8H,4H2,1-3H3,(H,15,16,19). The molecule has 0 aromatic carbocycles. The van der Waals surface area contributed by atoms with Crippen LogP contribution in [0, 0.1) is 0 Å². The van der Waals surface area contributed by atoms with E-state index in [2.05, 4.69) is 10.3 Å². The minimum atomic E-state index is -0.672. The molecule has 8 nitrogen and oxygen atoms in total. The number of anilines is 1. The molecule has 0 saturated carbocycles. The molecule has 0 bridgehead atoms.